The zero-order valence-electron chi connectivity index (χ0n) is 8.28. The van der Waals surface area contributed by atoms with Crippen molar-refractivity contribution in [3.8, 4) is 5.75 Å². The highest BCUT2D eigenvalue weighted by atomic mass is 16.7. The topological polar surface area (TPSA) is 51.6 Å². The average molecular weight is 195 g/mol. The largest absolute Gasteiger partial charge is 0.506 e. The predicted molar refractivity (Wildman–Crippen MR) is 49.6 cm³/mol. The van der Waals surface area contributed by atoms with Gasteiger partial charge in [0.05, 0.1) is 19.4 Å². The minimum atomic E-state index is -0.606. The number of nitrogens with zero attached hydrogens (tertiary/aromatic N) is 1. The summed E-state index contributed by atoms with van der Waals surface area (Å²) in [7, 11) is 0. The second kappa shape index (κ2) is 3.22. The number of hydrogen-bond donors (Lipinski definition) is 1. The summed E-state index contributed by atoms with van der Waals surface area (Å²) in [6.45, 7) is 4.48. The monoisotopic (exact) mass is 195 g/mol. The molecule has 1 N–H and O–H groups in total. The lowest BCUT2D eigenvalue weighted by molar-refractivity contribution is -0.219. The molecule has 0 bridgehead atoms. The number of hydrogen-bond acceptors (Lipinski definition) is 4. The molecule has 0 unspecified atom stereocenters. The molecule has 0 saturated carbocycles. The zero-order valence-corrected chi connectivity index (χ0v) is 8.28. The molecule has 1 aromatic rings. The molecular formula is C10H13NO3. The molecule has 0 atom stereocenters. The van der Waals surface area contributed by atoms with Crippen LogP contribution in [0.5, 0.6) is 5.75 Å². The van der Waals surface area contributed by atoms with Crippen molar-refractivity contribution < 1.29 is 14.6 Å². The summed E-state index contributed by atoms with van der Waals surface area (Å²) in [5, 5.41) is 9.55. The fourth-order valence-corrected chi connectivity index (χ4v) is 1.35. The average Bonchev–Trinajstić information content (AvgIpc) is 2.27. The summed E-state index contributed by atoms with van der Waals surface area (Å²) >= 11 is 0. The van der Waals surface area contributed by atoms with Gasteiger partial charge >= 0.3 is 0 Å². The molecular weight excluding hydrogens is 182 g/mol. The van der Waals surface area contributed by atoms with Gasteiger partial charge in [0, 0.05) is 17.3 Å². The van der Waals surface area contributed by atoms with Crippen molar-refractivity contribution in [2.75, 3.05) is 0 Å². The van der Waals surface area contributed by atoms with E-state index in [4.69, 9.17) is 9.47 Å². The Labute approximate surface area is 82.5 Å². The first-order chi connectivity index (χ1) is 6.58. The van der Waals surface area contributed by atoms with E-state index in [0.717, 1.165) is 11.1 Å². The molecule has 0 radical (unpaired) electrons. The van der Waals surface area contributed by atoms with Crippen LogP contribution in [0.15, 0.2) is 12.4 Å². The van der Waals surface area contributed by atoms with Crippen LogP contribution in [0.3, 0.4) is 0 Å². The molecule has 1 aromatic heterocycles. The summed E-state index contributed by atoms with van der Waals surface area (Å²) in [4.78, 5) is 3.90. The van der Waals surface area contributed by atoms with E-state index in [1.165, 1.54) is 6.20 Å². The Hall–Kier alpha value is -1.13. The molecule has 0 fully saturated rings. The molecule has 0 amide bonds. The molecule has 1 aliphatic heterocycles. The van der Waals surface area contributed by atoms with Gasteiger partial charge in [-0.25, -0.2) is 0 Å². The van der Waals surface area contributed by atoms with Crippen molar-refractivity contribution in [2.24, 2.45) is 0 Å². The van der Waals surface area contributed by atoms with Gasteiger partial charge < -0.3 is 14.6 Å². The van der Waals surface area contributed by atoms with Crippen molar-refractivity contribution >= 4 is 0 Å². The summed E-state index contributed by atoms with van der Waals surface area (Å²) in [6, 6.07) is 0. The lowest BCUT2D eigenvalue weighted by Crippen LogP contribution is -2.25. The molecule has 0 aliphatic carbocycles. The summed E-state index contributed by atoms with van der Waals surface area (Å²) < 4.78 is 11.0. The quantitative estimate of drug-likeness (QED) is 0.682. The third-order valence-corrected chi connectivity index (χ3v) is 2.26. The Balaban J connectivity index is 2.34. The predicted octanol–water partition coefficient (Wildman–Crippen LogP) is 1.57. The van der Waals surface area contributed by atoms with Crippen LogP contribution in [0, 0.1) is 0 Å². The van der Waals surface area contributed by atoms with Crippen molar-refractivity contribution in [1.29, 1.82) is 0 Å². The van der Waals surface area contributed by atoms with E-state index >= 15 is 0 Å². The Kier molecular flexibility index (Phi) is 2.17. The van der Waals surface area contributed by atoms with Crippen molar-refractivity contribution in [3.63, 3.8) is 0 Å². The highest BCUT2D eigenvalue weighted by molar-refractivity contribution is 5.35. The van der Waals surface area contributed by atoms with Gasteiger partial charge in [0.15, 0.2) is 5.79 Å². The molecule has 14 heavy (non-hydrogen) atoms. The number of ether oxygens (including phenoxy) is 2. The van der Waals surface area contributed by atoms with Crippen molar-refractivity contribution in [1.82, 2.24) is 4.98 Å². The van der Waals surface area contributed by atoms with E-state index in [9.17, 15) is 5.11 Å². The van der Waals surface area contributed by atoms with Crippen LogP contribution < -0.4 is 0 Å². The van der Waals surface area contributed by atoms with Crippen LogP contribution in [-0.4, -0.2) is 15.9 Å². The third-order valence-electron chi connectivity index (χ3n) is 2.26. The fraction of sp³-hybridized carbons (Fsp3) is 0.500. The molecule has 4 heteroatoms. The normalized spacial score (nSPS) is 19.9. The molecule has 0 spiro atoms. The van der Waals surface area contributed by atoms with Crippen LogP contribution in [-0.2, 0) is 22.7 Å². The van der Waals surface area contributed by atoms with Crippen molar-refractivity contribution in [2.45, 2.75) is 32.8 Å². The maximum Gasteiger partial charge on any atom is 0.163 e. The maximum atomic E-state index is 9.55. The highest BCUT2D eigenvalue weighted by Gasteiger charge is 2.25. The van der Waals surface area contributed by atoms with Crippen LogP contribution >= 0.6 is 0 Å². The number of aromatic hydroxyl groups is 1. The van der Waals surface area contributed by atoms with Crippen LogP contribution in [0.25, 0.3) is 0 Å². The lowest BCUT2D eigenvalue weighted by Gasteiger charge is -2.22. The molecule has 76 valence electrons. The number of fused-ring (bicyclic) bond motifs is 1. The Morgan fingerprint density at radius 3 is 2.79 bits per heavy atom. The first kappa shape index (κ1) is 9.43. The van der Waals surface area contributed by atoms with E-state index in [1.807, 2.05) is 13.8 Å². The van der Waals surface area contributed by atoms with Gasteiger partial charge in [-0.2, -0.15) is 0 Å². The Morgan fingerprint density at radius 1 is 1.29 bits per heavy atom. The second-order valence-electron chi connectivity index (χ2n) is 3.77. The molecule has 2 rings (SSSR count). The van der Waals surface area contributed by atoms with Crippen LogP contribution in [0.2, 0.25) is 0 Å². The van der Waals surface area contributed by atoms with E-state index < -0.39 is 5.79 Å². The van der Waals surface area contributed by atoms with E-state index in [0.29, 0.717) is 13.2 Å². The second-order valence-corrected chi connectivity index (χ2v) is 3.77. The fourth-order valence-electron chi connectivity index (χ4n) is 1.35. The first-order valence-electron chi connectivity index (χ1n) is 4.51. The molecule has 1 aliphatic rings. The number of rotatable bonds is 0. The van der Waals surface area contributed by atoms with Gasteiger partial charge in [0.1, 0.15) is 5.75 Å². The van der Waals surface area contributed by atoms with Gasteiger partial charge in [-0.05, 0) is 13.8 Å². The van der Waals surface area contributed by atoms with Gasteiger partial charge in [0.2, 0.25) is 0 Å². The first-order valence-corrected chi connectivity index (χ1v) is 4.51. The van der Waals surface area contributed by atoms with Crippen LogP contribution in [0.4, 0.5) is 0 Å². The summed E-state index contributed by atoms with van der Waals surface area (Å²) in [6.07, 6.45) is 3.11. The van der Waals surface area contributed by atoms with E-state index in [2.05, 4.69) is 4.98 Å². The van der Waals surface area contributed by atoms with Crippen molar-refractivity contribution in [3.05, 3.63) is 23.5 Å². The van der Waals surface area contributed by atoms with Gasteiger partial charge in [0.25, 0.3) is 0 Å². The molecule has 2 heterocycles. The Morgan fingerprint density at radius 2 is 2.00 bits per heavy atom. The third kappa shape index (κ3) is 1.71. The van der Waals surface area contributed by atoms with E-state index in [1.54, 1.807) is 6.20 Å². The zero-order chi connectivity index (χ0) is 10.2. The smallest absolute Gasteiger partial charge is 0.163 e. The van der Waals surface area contributed by atoms with Gasteiger partial charge in [-0.1, -0.05) is 0 Å². The molecule has 0 aromatic carbocycles. The van der Waals surface area contributed by atoms with Gasteiger partial charge in [-0.15, -0.1) is 0 Å². The number of aromatic nitrogens is 1. The van der Waals surface area contributed by atoms with Crippen LogP contribution in [0.1, 0.15) is 25.0 Å². The number of pyridine rings is 1. The molecule has 0 saturated heterocycles. The molecule has 4 nitrogen and oxygen atoms in total. The maximum absolute atomic E-state index is 9.55. The lowest BCUT2D eigenvalue weighted by atomic mass is 10.1. The van der Waals surface area contributed by atoms with E-state index in [-0.39, 0.29) is 5.75 Å². The standard InChI is InChI=1S/C10H13NO3/c1-10(2)13-5-7-3-11-4-9(12)8(7)6-14-10/h3-4,12H,5-6H2,1-2H3. The SMILES string of the molecule is CC1(C)OCc2cncc(O)c2CO1. The minimum Gasteiger partial charge on any atom is -0.506 e. The summed E-state index contributed by atoms with van der Waals surface area (Å²) in [5.41, 5.74) is 1.65. The van der Waals surface area contributed by atoms with Gasteiger partial charge in [-0.3, -0.25) is 4.98 Å². The summed E-state index contributed by atoms with van der Waals surface area (Å²) in [5.74, 6) is -0.436. The minimum absolute atomic E-state index is 0.170. The highest BCUT2D eigenvalue weighted by Crippen LogP contribution is 2.28. The Bertz CT molecular complexity index is 349.